The van der Waals surface area contributed by atoms with Crippen LogP contribution in [-0.4, -0.2) is 55.2 Å². The number of rotatable bonds is 9. The SMILES string of the molecule is CCCNC(C)(CCCCN1CCOC(C)C1)C(N)=O. The molecular weight excluding hydrogens is 254 g/mol. The number of nitrogens with zero attached hydrogens (tertiary/aromatic N) is 1. The van der Waals surface area contributed by atoms with Crippen molar-refractivity contribution in [2.75, 3.05) is 32.8 Å². The molecule has 0 saturated carbocycles. The van der Waals surface area contributed by atoms with Gasteiger partial charge in [-0.15, -0.1) is 0 Å². The quantitative estimate of drug-likeness (QED) is 0.623. The van der Waals surface area contributed by atoms with Gasteiger partial charge in [0.15, 0.2) is 0 Å². The number of nitrogens with one attached hydrogen (secondary N) is 1. The van der Waals surface area contributed by atoms with Crippen LogP contribution in [-0.2, 0) is 9.53 Å². The minimum Gasteiger partial charge on any atom is -0.376 e. The third-order valence-electron chi connectivity index (χ3n) is 4.04. The molecule has 0 spiro atoms. The van der Waals surface area contributed by atoms with Crippen molar-refractivity contribution in [2.45, 2.75) is 58.1 Å². The fourth-order valence-corrected chi connectivity index (χ4v) is 2.61. The first-order valence-electron chi connectivity index (χ1n) is 7.87. The standard InChI is InChI=1S/C15H31N3O2/c1-4-8-17-15(3,14(16)19)7-5-6-9-18-10-11-20-13(2)12-18/h13,17H,4-12H2,1-3H3,(H2,16,19). The lowest BCUT2D eigenvalue weighted by Crippen LogP contribution is -2.53. The van der Waals surface area contributed by atoms with Crippen LogP contribution in [0.3, 0.4) is 0 Å². The summed E-state index contributed by atoms with van der Waals surface area (Å²) in [7, 11) is 0. The Labute approximate surface area is 123 Å². The Morgan fingerprint density at radius 1 is 1.50 bits per heavy atom. The number of carbonyl (C=O) groups excluding carboxylic acids is 1. The lowest BCUT2D eigenvalue weighted by molar-refractivity contribution is -0.124. The van der Waals surface area contributed by atoms with Gasteiger partial charge < -0.3 is 15.8 Å². The molecule has 1 heterocycles. The minimum absolute atomic E-state index is 0.244. The Kier molecular flexibility index (Phi) is 7.48. The van der Waals surface area contributed by atoms with Crippen LogP contribution in [0.5, 0.6) is 0 Å². The molecule has 118 valence electrons. The molecule has 1 amide bonds. The molecule has 0 bridgehead atoms. The molecule has 1 aliphatic heterocycles. The summed E-state index contributed by atoms with van der Waals surface area (Å²) in [5.74, 6) is -0.244. The molecule has 0 aliphatic carbocycles. The first-order valence-corrected chi connectivity index (χ1v) is 7.87. The van der Waals surface area contributed by atoms with Gasteiger partial charge in [-0.05, 0) is 52.6 Å². The van der Waals surface area contributed by atoms with Crippen molar-refractivity contribution in [2.24, 2.45) is 5.73 Å². The average Bonchev–Trinajstić information content (AvgIpc) is 2.41. The molecule has 0 aromatic carbocycles. The molecule has 5 nitrogen and oxygen atoms in total. The lowest BCUT2D eigenvalue weighted by atomic mass is 9.93. The van der Waals surface area contributed by atoms with Gasteiger partial charge in [0.1, 0.15) is 0 Å². The molecule has 1 fully saturated rings. The van der Waals surface area contributed by atoms with Crippen LogP contribution >= 0.6 is 0 Å². The van der Waals surface area contributed by atoms with Crippen LogP contribution in [0.25, 0.3) is 0 Å². The van der Waals surface area contributed by atoms with E-state index in [0.29, 0.717) is 6.10 Å². The summed E-state index contributed by atoms with van der Waals surface area (Å²) in [6.07, 6.45) is 4.27. The lowest BCUT2D eigenvalue weighted by Gasteiger charge is -2.31. The van der Waals surface area contributed by atoms with Gasteiger partial charge in [-0.2, -0.15) is 0 Å². The smallest absolute Gasteiger partial charge is 0.237 e. The van der Waals surface area contributed by atoms with Crippen molar-refractivity contribution >= 4 is 5.91 Å². The third kappa shape index (κ3) is 5.77. The summed E-state index contributed by atoms with van der Waals surface area (Å²) in [6.45, 7) is 10.9. The molecule has 3 N–H and O–H groups in total. The van der Waals surface area contributed by atoms with Gasteiger partial charge in [0.25, 0.3) is 0 Å². The van der Waals surface area contributed by atoms with E-state index in [1.165, 1.54) is 0 Å². The molecule has 1 saturated heterocycles. The molecule has 0 aromatic heterocycles. The zero-order valence-electron chi connectivity index (χ0n) is 13.3. The van der Waals surface area contributed by atoms with Crippen LogP contribution < -0.4 is 11.1 Å². The van der Waals surface area contributed by atoms with E-state index in [-0.39, 0.29) is 5.91 Å². The second kappa shape index (κ2) is 8.60. The first-order chi connectivity index (χ1) is 9.48. The van der Waals surface area contributed by atoms with Gasteiger partial charge in [0, 0.05) is 13.1 Å². The van der Waals surface area contributed by atoms with Gasteiger partial charge in [-0.1, -0.05) is 6.92 Å². The molecule has 2 atom stereocenters. The number of carbonyl (C=O) groups is 1. The Bertz CT molecular complexity index is 299. The predicted octanol–water partition coefficient (Wildman–Crippen LogP) is 1.12. The Balaban J connectivity index is 2.24. The van der Waals surface area contributed by atoms with E-state index < -0.39 is 5.54 Å². The van der Waals surface area contributed by atoms with Gasteiger partial charge >= 0.3 is 0 Å². The highest BCUT2D eigenvalue weighted by Gasteiger charge is 2.29. The largest absolute Gasteiger partial charge is 0.376 e. The number of morpholine rings is 1. The zero-order chi connectivity index (χ0) is 15.0. The number of primary amides is 1. The van der Waals surface area contributed by atoms with Gasteiger partial charge in [-0.3, -0.25) is 9.69 Å². The fraction of sp³-hybridized carbons (Fsp3) is 0.933. The number of unbranched alkanes of at least 4 members (excludes halogenated alkanes) is 1. The number of nitrogens with two attached hydrogens (primary N) is 1. The maximum atomic E-state index is 11.6. The molecule has 5 heteroatoms. The van der Waals surface area contributed by atoms with Crippen molar-refractivity contribution in [1.82, 2.24) is 10.2 Å². The third-order valence-corrected chi connectivity index (χ3v) is 4.04. The summed E-state index contributed by atoms with van der Waals surface area (Å²) in [5, 5.41) is 3.28. The van der Waals surface area contributed by atoms with Gasteiger partial charge in [0.2, 0.25) is 5.91 Å². The van der Waals surface area contributed by atoms with Crippen LogP contribution in [0, 0.1) is 0 Å². The van der Waals surface area contributed by atoms with Crippen molar-refractivity contribution < 1.29 is 9.53 Å². The summed E-state index contributed by atoms with van der Waals surface area (Å²) in [4.78, 5) is 14.0. The summed E-state index contributed by atoms with van der Waals surface area (Å²) in [5.41, 5.74) is 4.97. The Morgan fingerprint density at radius 3 is 2.85 bits per heavy atom. The minimum atomic E-state index is -0.561. The normalized spacial score (nSPS) is 23.4. The van der Waals surface area contributed by atoms with E-state index in [4.69, 9.17) is 10.5 Å². The van der Waals surface area contributed by atoms with Gasteiger partial charge in [0.05, 0.1) is 18.2 Å². The molecule has 20 heavy (non-hydrogen) atoms. The Hall–Kier alpha value is -0.650. The second-order valence-electron chi connectivity index (χ2n) is 6.06. The highest BCUT2D eigenvalue weighted by Crippen LogP contribution is 2.15. The van der Waals surface area contributed by atoms with Crippen LogP contribution in [0.4, 0.5) is 0 Å². The summed E-state index contributed by atoms with van der Waals surface area (Å²) < 4.78 is 5.53. The highest BCUT2D eigenvalue weighted by molar-refractivity contribution is 5.84. The van der Waals surface area contributed by atoms with E-state index >= 15 is 0 Å². The molecule has 2 unspecified atom stereocenters. The number of hydrogen-bond donors (Lipinski definition) is 2. The number of ether oxygens (including phenoxy) is 1. The highest BCUT2D eigenvalue weighted by atomic mass is 16.5. The molecule has 1 aliphatic rings. The molecule has 0 radical (unpaired) electrons. The maximum Gasteiger partial charge on any atom is 0.237 e. The van der Waals surface area contributed by atoms with Crippen molar-refractivity contribution in [3.05, 3.63) is 0 Å². The van der Waals surface area contributed by atoms with E-state index in [1.807, 2.05) is 6.92 Å². The van der Waals surface area contributed by atoms with E-state index in [2.05, 4.69) is 24.1 Å². The zero-order valence-corrected chi connectivity index (χ0v) is 13.3. The van der Waals surface area contributed by atoms with Crippen LogP contribution in [0.15, 0.2) is 0 Å². The van der Waals surface area contributed by atoms with Crippen LogP contribution in [0.2, 0.25) is 0 Å². The van der Waals surface area contributed by atoms with Crippen molar-refractivity contribution in [3.8, 4) is 0 Å². The topological polar surface area (TPSA) is 67.6 Å². The van der Waals surface area contributed by atoms with Gasteiger partial charge in [-0.25, -0.2) is 0 Å². The molecular formula is C15H31N3O2. The fourth-order valence-electron chi connectivity index (χ4n) is 2.61. The average molecular weight is 285 g/mol. The van der Waals surface area contributed by atoms with Crippen molar-refractivity contribution in [3.63, 3.8) is 0 Å². The van der Waals surface area contributed by atoms with Crippen LogP contribution in [0.1, 0.15) is 46.5 Å². The predicted molar refractivity (Wildman–Crippen MR) is 81.6 cm³/mol. The van der Waals surface area contributed by atoms with E-state index in [9.17, 15) is 4.79 Å². The summed E-state index contributed by atoms with van der Waals surface area (Å²) in [6, 6.07) is 0. The van der Waals surface area contributed by atoms with E-state index in [0.717, 1.165) is 58.5 Å². The monoisotopic (exact) mass is 285 g/mol. The first kappa shape index (κ1) is 17.4. The summed E-state index contributed by atoms with van der Waals surface area (Å²) >= 11 is 0. The molecule has 0 aromatic rings. The van der Waals surface area contributed by atoms with Crippen molar-refractivity contribution in [1.29, 1.82) is 0 Å². The molecule has 1 rings (SSSR count). The second-order valence-corrected chi connectivity index (χ2v) is 6.06. The Morgan fingerprint density at radius 2 is 2.25 bits per heavy atom. The number of amides is 1. The van der Waals surface area contributed by atoms with E-state index in [1.54, 1.807) is 0 Å². The number of hydrogen-bond acceptors (Lipinski definition) is 4. The maximum absolute atomic E-state index is 11.6.